The highest BCUT2D eigenvalue weighted by Gasteiger charge is 2.26. The van der Waals surface area contributed by atoms with E-state index in [0.29, 0.717) is 18.0 Å². The molecule has 0 aromatic heterocycles. The van der Waals surface area contributed by atoms with Crippen molar-refractivity contribution in [2.24, 2.45) is 10.9 Å². The van der Waals surface area contributed by atoms with Gasteiger partial charge in [0.1, 0.15) is 0 Å². The molecule has 0 saturated heterocycles. The Morgan fingerprint density at radius 3 is 2.55 bits per heavy atom. The van der Waals surface area contributed by atoms with Crippen molar-refractivity contribution in [3.63, 3.8) is 0 Å². The van der Waals surface area contributed by atoms with Gasteiger partial charge in [-0.2, -0.15) is 0 Å². The van der Waals surface area contributed by atoms with Crippen molar-refractivity contribution in [2.75, 3.05) is 6.54 Å². The molecule has 3 nitrogen and oxygen atoms in total. The van der Waals surface area contributed by atoms with E-state index in [9.17, 15) is 4.79 Å². The average Bonchev–Trinajstić information content (AvgIpc) is 3.04. The molecule has 1 aliphatic heterocycles. The van der Waals surface area contributed by atoms with Crippen LogP contribution < -0.4 is 5.32 Å². The minimum atomic E-state index is -0.0400. The number of hydrogen-bond donors (Lipinski definition) is 1. The maximum Gasteiger partial charge on any atom is 0.251 e. The van der Waals surface area contributed by atoms with Crippen molar-refractivity contribution in [3.05, 3.63) is 89.5 Å². The van der Waals surface area contributed by atoms with Gasteiger partial charge in [-0.05, 0) is 48.6 Å². The molecule has 1 saturated carbocycles. The number of amides is 1. The van der Waals surface area contributed by atoms with E-state index in [2.05, 4.69) is 54.7 Å². The van der Waals surface area contributed by atoms with Gasteiger partial charge < -0.3 is 5.32 Å². The first kappa shape index (κ1) is 22.0. The van der Waals surface area contributed by atoms with Gasteiger partial charge in [0.15, 0.2) is 0 Å². The monoisotopic (exact) mass is 454 g/mol. The van der Waals surface area contributed by atoms with Crippen LogP contribution in [0.15, 0.2) is 87.6 Å². The maximum absolute atomic E-state index is 13.0. The molecule has 0 radical (unpaired) electrons. The molecule has 0 bridgehead atoms. The second-order valence-electron chi connectivity index (χ2n) is 9.13. The third kappa shape index (κ3) is 4.91. The molecule has 168 valence electrons. The van der Waals surface area contributed by atoms with Gasteiger partial charge in [0, 0.05) is 33.4 Å². The molecule has 3 aromatic rings. The lowest BCUT2D eigenvalue weighted by atomic mass is 9.83. The standard InChI is InChI=1S/C29H30N2OS/c1-20(21-10-4-2-5-11-21)19-30-29(32)23-16-17-27-25(18-23)31-28(22-12-6-3-7-13-22)24-14-8-9-15-26(24)33-27/h2,4-5,8-11,14-18,20,22H,3,6-7,12-13,19H2,1H3,(H,30,32). The number of carbonyl (C=O) groups excluding carboxylic acids is 1. The molecule has 0 spiro atoms. The van der Waals surface area contributed by atoms with Crippen LogP contribution in [0.4, 0.5) is 5.69 Å². The molecule has 1 unspecified atom stereocenters. The van der Waals surface area contributed by atoms with Crippen molar-refractivity contribution in [2.45, 2.75) is 54.7 Å². The number of aliphatic imine (C=N–C) groups is 1. The Morgan fingerprint density at radius 2 is 1.73 bits per heavy atom. The second kappa shape index (κ2) is 9.96. The van der Waals surface area contributed by atoms with E-state index in [1.807, 2.05) is 30.3 Å². The zero-order valence-electron chi connectivity index (χ0n) is 19.1. The van der Waals surface area contributed by atoms with Crippen LogP contribution in [0.1, 0.15) is 66.4 Å². The quantitative estimate of drug-likeness (QED) is 0.437. The normalized spacial score (nSPS) is 16.7. The number of benzene rings is 3. The van der Waals surface area contributed by atoms with Crippen molar-refractivity contribution in [1.29, 1.82) is 0 Å². The summed E-state index contributed by atoms with van der Waals surface area (Å²) in [5.74, 6) is 0.717. The summed E-state index contributed by atoms with van der Waals surface area (Å²) in [4.78, 5) is 20.6. The first-order valence-corrected chi connectivity index (χ1v) is 12.8. The molecule has 1 fully saturated rings. The van der Waals surface area contributed by atoms with E-state index in [4.69, 9.17) is 4.99 Å². The Balaban J connectivity index is 1.40. The van der Waals surface area contributed by atoms with Crippen LogP contribution >= 0.6 is 11.8 Å². The van der Waals surface area contributed by atoms with E-state index in [0.717, 1.165) is 10.6 Å². The SMILES string of the molecule is CC(CNC(=O)c1ccc2c(c1)N=C(C1CCCCC1)c1ccccc1S2)c1ccccc1. The lowest BCUT2D eigenvalue weighted by Gasteiger charge is -2.24. The van der Waals surface area contributed by atoms with Gasteiger partial charge in [-0.3, -0.25) is 9.79 Å². The predicted octanol–water partition coefficient (Wildman–Crippen LogP) is 7.39. The first-order chi connectivity index (χ1) is 16.2. The number of nitrogens with one attached hydrogen (secondary N) is 1. The Labute approximate surface area is 200 Å². The Morgan fingerprint density at radius 1 is 0.970 bits per heavy atom. The van der Waals surface area contributed by atoms with E-state index in [1.54, 1.807) is 11.8 Å². The van der Waals surface area contributed by atoms with Crippen molar-refractivity contribution in [3.8, 4) is 0 Å². The minimum absolute atomic E-state index is 0.0400. The molecule has 3 aromatic carbocycles. The molecule has 1 N–H and O–H groups in total. The summed E-state index contributed by atoms with van der Waals surface area (Å²) in [6, 6.07) is 24.9. The summed E-state index contributed by atoms with van der Waals surface area (Å²) in [5, 5.41) is 3.12. The molecule has 2 aliphatic rings. The third-order valence-electron chi connectivity index (χ3n) is 6.77. The van der Waals surface area contributed by atoms with Crippen molar-refractivity contribution < 1.29 is 4.79 Å². The average molecular weight is 455 g/mol. The van der Waals surface area contributed by atoms with Gasteiger partial charge in [-0.1, -0.05) is 86.5 Å². The smallest absolute Gasteiger partial charge is 0.251 e. The Bertz CT molecular complexity index is 1170. The highest BCUT2D eigenvalue weighted by molar-refractivity contribution is 7.99. The van der Waals surface area contributed by atoms with Gasteiger partial charge in [0.2, 0.25) is 0 Å². The molecule has 1 heterocycles. The van der Waals surface area contributed by atoms with E-state index < -0.39 is 0 Å². The number of nitrogens with zero attached hydrogens (tertiary/aromatic N) is 1. The summed E-state index contributed by atoms with van der Waals surface area (Å²) >= 11 is 1.76. The molecular formula is C29H30N2OS. The molecule has 1 amide bonds. The lowest BCUT2D eigenvalue weighted by Crippen LogP contribution is -2.27. The summed E-state index contributed by atoms with van der Waals surface area (Å²) in [6.07, 6.45) is 6.26. The lowest BCUT2D eigenvalue weighted by molar-refractivity contribution is 0.0951. The number of hydrogen-bond acceptors (Lipinski definition) is 3. The van der Waals surface area contributed by atoms with Crippen molar-refractivity contribution >= 4 is 29.1 Å². The van der Waals surface area contributed by atoms with Crippen LogP contribution in [0.3, 0.4) is 0 Å². The predicted molar refractivity (Wildman–Crippen MR) is 137 cm³/mol. The van der Waals surface area contributed by atoms with Gasteiger partial charge >= 0.3 is 0 Å². The largest absolute Gasteiger partial charge is 0.351 e. The number of rotatable bonds is 5. The fourth-order valence-corrected chi connectivity index (χ4v) is 5.85. The summed E-state index contributed by atoms with van der Waals surface area (Å²) in [6.45, 7) is 2.75. The number of fused-ring (bicyclic) bond motifs is 2. The Kier molecular flexibility index (Phi) is 6.63. The highest BCUT2D eigenvalue weighted by atomic mass is 32.2. The van der Waals surface area contributed by atoms with Crippen LogP contribution in [-0.4, -0.2) is 18.2 Å². The van der Waals surface area contributed by atoms with Crippen molar-refractivity contribution in [1.82, 2.24) is 5.32 Å². The van der Waals surface area contributed by atoms with Crippen LogP contribution in [0.5, 0.6) is 0 Å². The van der Waals surface area contributed by atoms with Gasteiger partial charge in [0.05, 0.1) is 11.4 Å². The summed E-state index contributed by atoms with van der Waals surface area (Å²) in [5.41, 5.74) is 5.28. The Hall–Kier alpha value is -2.85. The maximum atomic E-state index is 13.0. The van der Waals surface area contributed by atoms with Crippen LogP contribution in [0.2, 0.25) is 0 Å². The molecule has 33 heavy (non-hydrogen) atoms. The zero-order chi connectivity index (χ0) is 22.6. The van der Waals surface area contributed by atoms with Crippen LogP contribution in [0, 0.1) is 5.92 Å². The molecule has 4 heteroatoms. The summed E-state index contributed by atoms with van der Waals surface area (Å²) < 4.78 is 0. The molecule has 1 atom stereocenters. The fraction of sp³-hybridized carbons (Fsp3) is 0.310. The zero-order valence-corrected chi connectivity index (χ0v) is 19.9. The van der Waals surface area contributed by atoms with E-state index in [1.165, 1.54) is 53.8 Å². The molecule has 1 aliphatic carbocycles. The van der Waals surface area contributed by atoms with E-state index in [-0.39, 0.29) is 11.8 Å². The second-order valence-corrected chi connectivity index (χ2v) is 10.2. The minimum Gasteiger partial charge on any atom is -0.351 e. The third-order valence-corrected chi connectivity index (χ3v) is 7.92. The topological polar surface area (TPSA) is 41.5 Å². The molecular weight excluding hydrogens is 424 g/mol. The van der Waals surface area contributed by atoms with Gasteiger partial charge in [-0.25, -0.2) is 0 Å². The summed E-state index contributed by atoms with van der Waals surface area (Å²) in [7, 11) is 0. The van der Waals surface area contributed by atoms with Gasteiger partial charge in [-0.15, -0.1) is 0 Å². The first-order valence-electron chi connectivity index (χ1n) is 12.0. The highest BCUT2D eigenvalue weighted by Crippen LogP contribution is 2.43. The van der Waals surface area contributed by atoms with Gasteiger partial charge in [0.25, 0.3) is 5.91 Å². The molecule has 5 rings (SSSR count). The number of carbonyl (C=O) groups is 1. The van der Waals surface area contributed by atoms with Crippen LogP contribution in [-0.2, 0) is 0 Å². The van der Waals surface area contributed by atoms with E-state index >= 15 is 0 Å². The van der Waals surface area contributed by atoms with Crippen LogP contribution in [0.25, 0.3) is 0 Å². The fourth-order valence-electron chi connectivity index (χ4n) is 4.84.